The molecule has 0 saturated carbocycles. The Labute approximate surface area is 110 Å². The number of nitro groups is 1. The minimum absolute atomic E-state index is 0.0572. The summed E-state index contributed by atoms with van der Waals surface area (Å²) >= 11 is 1.56. The molecule has 0 amide bonds. The zero-order valence-electron chi connectivity index (χ0n) is 9.07. The largest absolute Gasteiger partial charge is 0.459 e. The maximum absolute atomic E-state index is 13.5. The van der Waals surface area contributed by atoms with Gasteiger partial charge in [0.05, 0.1) is 11.0 Å². The van der Waals surface area contributed by atoms with Gasteiger partial charge >= 0.3 is 5.97 Å². The molecule has 0 aliphatic carbocycles. The summed E-state index contributed by atoms with van der Waals surface area (Å²) in [7, 11) is 0. The van der Waals surface area contributed by atoms with E-state index in [4.69, 9.17) is 4.74 Å². The summed E-state index contributed by atoms with van der Waals surface area (Å²) in [6, 6.07) is 1.90. The number of hydrogen-bond acceptors (Lipinski definition) is 4. The van der Waals surface area contributed by atoms with Crippen molar-refractivity contribution in [3.05, 3.63) is 37.2 Å². The van der Waals surface area contributed by atoms with Gasteiger partial charge < -0.3 is 4.74 Å². The first-order valence-corrected chi connectivity index (χ1v) is 5.75. The second-order valence-electron chi connectivity index (χ2n) is 3.47. The maximum atomic E-state index is 13.5. The predicted molar refractivity (Wildman–Crippen MR) is 66.3 cm³/mol. The van der Waals surface area contributed by atoms with Crippen molar-refractivity contribution in [3.63, 3.8) is 0 Å². The highest BCUT2D eigenvalue weighted by Crippen LogP contribution is 2.27. The number of nitro benzene ring substituents is 1. The van der Waals surface area contributed by atoms with E-state index in [1.807, 2.05) is 0 Å². The van der Waals surface area contributed by atoms with Gasteiger partial charge in [0.1, 0.15) is 15.0 Å². The van der Waals surface area contributed by atoms with Crippen molar-refractivity contribution in [1.82, 2.24) is 0 Å². The Morgan fingerprint density at radius 1 is 1.53 bits per heavy atom. The summed E-state index contributed by atoms with van der Waals surface area (Å²) in [6.07, 6.45) is -0.419. The van der Waals surface area contributed by atoms with Crippen LogP contribution in [0.1, 0.15) is 24.2 Å². The zero-order valence-corrected chi connectivity index (χ0v) is 11.2. The van der Waals surface area contributed by atoms with Crippen molar-refractivity contribution in [2.24, 2.45) is 0 Å². The fourth-order valence-electron chi connectivity index (χ4n) is 1.14. The van der Waals surface area contributed by atoms with Crippen LogP contribution in [-0.4, -0.2) is 17.0 Å². The lowest BCUT2D eigenvalue weighted by Gasteiger charge is -2.09. The molecule has 5 nitrogen and oxygen atoms in total. The van der Waals surface area contributed by atoms with Crippen LogP contribution >= 0.6 is 22.6 Å². The lowest BCUT2D eigenvalue weighted by Crippen LogP contribution is -2.15. The van der Waals surface area contributed by atoms with E-state index in [-0.39, 0.29) is 9.26 Å². The average Bonchev–Trinajstić information content (AvgIpc) is 2.15. The minimum atomic E-state index is -0.898. The van der Waals surface area contributed by atoms with Gasteiger partial charge in [0.15, 0.2) is 0 Å². The summed E-state index contributed by atoms with van der Waals surface area (Å²) in [5.41, 5.74) is -0.712. The number of hydrogen-bond donors (Lipinski definition) is 0. The second kappa shape index (κ2) is 5.39. The summed E-state index contributed by atoms with van der Waals surface area (Å²) in [6.45, 7) is 3.22. The molecule has 17 heavy (non-hydrogen) atoms. The van der Waals surface area contributed by atoms with Crippen molar-refractivity contribution < 1.29 is 18.8 Å². The lowest BCUT2D eigenvalue weighted by atomic mass is 10.2. The molecule has 0 unspecified atom stereocenters. The fourth-order valence-corrected chi connectivity index (χ4v) is 2.00. The Bertz CT molecular complexity index is 476. The molecule has 0 aliphatic rings. The van der Waals surface area contributed by atoms with Gasteiger partial charge in [0.25, 0.3) is 5.69 Å². The highest BCUT2D eigenvalue weighted by molar-refractivity contribution is 14.1. The Balaban J connectivity index is 3.27. The molecule has 7 heteroatoms. The fraction of sp³-hybridized carbons (Fsp3) is 0.300. The highest BCUT2D eigenvalue weighted by Gasteiger charge is 2.25. The van der Waals surface area contributed by atoms with Crippen LogP contribution in [0.4, 0.5) is 10.1 Å². The third-order valence-electron chi connectivity index (χ3n) is 1.81. The van der Waals surface area contributed by atoms with Gasteiger partial charge in [-0.25, -0.2) is 9.18 Å². The van der Waals surface area contributed by atoms with Crippen molar-refractivity contribution in [3.8, 4) is 0 Å². The number of esters is 1. The van der Waals surface area contributed by atoms with E-state index in [0.29, 0.717) is 0 Å². The van der Waals surface area contributed by atoms with E-state index < -0.39 is 28.4 Å². The molecule has 0 spiro atoms. The van der Waals surface area contributed by atoms with E-state index in [0.717, 1.165) is 12.1 Å². The van der Waals surface area contributed by atoms with Crippen LogP contribution in [0.15, 0.2) is 12.1 Å². The molecule has 92 valence electrons. The van der Waals surface area contributed by atoms with Crippen LogP contribution in [0.2, 0.25) is 0 Å². The van der Waals surface area contributed by atoms with Crippen LogP contribution in [0.25, 0.3) is 0 Å². The predicted octanol–water partition coefficient (Wildman–Crippen LogP) is 2.90. The summed E-state index contributed by atoms with van der Waals surface area (Å²) < 4.78 is 18.2. The molecule has 0 radical (unpaired) electrons. The summed E-state index contributed by atoms with van der Waals surface area (Å²) in [5, 5.41) is 10.7. The average molecular weight is 353 g/mol. The van der Waals surface area contributed by atoms with Gasteiger partial charge in [-0.1, -0.05) is 0 Å². The van der Waals surface area contributed by atoms with Crippen LogP contribution in [-0.2, 0) is 4.74 Å². The number of rotatable bonds is 3. The van der Waals surface area contributed by atoms with Gasteiger partial charge in [-0.15, -0.1) is 0 Å². The topological polar surface area (TPSA) is 69.4 Å². The molecule has 0 saturated heterocycles. The van der Waals surface area contributed by atoms with Gasteiger partial charge in [-0.3, -0.25) is 10.1 Å². The quantitative estimate of drug-likeness (QED) is 0.363. The molecule has 1 rings (SSSR count). The number of benzene rings is 1. The van der Waals surface area contributed by atoms with Crippen molar-refractivity contribution in [1.29, 1.82) is 0 Å². The monoisotopic (exact) mass is 353 g/mol. The van der Waals surface area contributed by atoms with Crippen molar-refractivity contribution >= 4 is 34.2 Å². The Hall–Kier alpha value is -1.25. The Kier molecular flexibility index (Phi) is 4.38. The number of carbonyl (C=O) groups is 1. The molecule has 0 N–H and O–H groups in total. The zero-order chi connectivity index (χ0) is 13.2. The Morgan fingerprint density at radius 2 is 2.12 bits per heavy atom. The van der Waals surface area contributed by atoms with E-state index >= 15 is 0 Å². The van der Waals surface area contributed by atoms with Crippen molar-refractivity contribution in [2.45, 2.75) is 20.0 Å². The molecule has 0 bridgehead atoms. The van der Waals surface area contributed by atoms with Crippen LogP contribution in [0, 0.1) is 19.5 Å². The molecular weight excluding hydrogens is 344 g/mol. The number of halogens is 2. The molecule has 1 aromatic rings. The molecule has 0 heterocycles. The molecule has 1 aromatic carbocycles. The molecular formula is C10H9FINO4. The standard InChI is InChI=1S/C10H9FINO4/c1-5(2)17-10(14)8-6(11)3-4-7(9(8)12)13(15)16/h3-5H,1-2H3. The third-order valence-corrected chi connectivity index (χ3v) is 2.91. The van der Waals surface area contributed by atoms with Crippen LogP contribution in [0.5, 0.6) is 0 Å². The number of ether oxygens (including phenoxy) is 1. The molecule has 0 atom stereocenters. The van der Waals surface area contributed by atoms with Crippen LogP contribution in [0.3, 0.4) is 0 Å². The summed E-state index contributed by atoms with van der Waals surface area (Å²) in [4.78, 5) is 21.6. The normalized spacial score (nSPS) is 10.4. The molecule has 0 aromatic heterocycles. The van der Waals surface area contributed by atoms with Gasteiger partial charge in [0.2, 0.25) is 0 Å². The van der Waals surface area contributed by atoms with E-state index in [2.05, 4.69) is 0 Å². The molecule has 0 aliphatic heterocycles. The second-order valence-corrected chi connectivity index (χ2v) is 4.55. The van der Waals surface area contributed by atoms with Gasteiger partial charge in [-0.05, 0) is 42.5 Å². The van der Waals surface area contributed by atoms with Crippen LogP contribution < -0.4 is 0 Å². The van der Waals surface area contributed by atoms with Gasteiger partial charge in [0, 0.05) is 6.07 Å². The first kappa shape index (κ1) is 13.8. The smallest absolute Gasteiger partial charge is 0.342 e. The first-order valence-electron chi connectivity index (χ1n) is 4.68. The maximum Gasteiger partial charge on any atom is 0.342 e. The highest BCUT2D eigenvalue weighted by atomic mass is 127. The minimum Gasteiger partial charge on any atom is -0.459 e. The SMILES string of the molecule is CC(C)OC(=O)c1c(F)ccc([N+](=O)[O-])c1I. The number of carbonyl (C=O) groups excluding carboxylic acids is 1. The third kappa shape index (κ3) is 3.11. The number of nitrogens with zero attached hydrogens (tertiary/aromatic N) is 1. The van der Waals surface area contributed by atoms with E-state index in [1.165, 1.54) is 0 Å². The van der Waals surface area contributed by atoms with E-state index in [1.54, 1.807) is 36.4 Å². The summed E-state index contributed by atoms with van der Waals surface area (Å²) in [5.74, 6) is -1.73. The van der Waals surface area contributed by atoms with Gasteiger partial charge in [-0.2, -0.15) is 0 Å². The van der Waals surface area contributed by atoms with E-state index in [9.17, 15) is 19.3 Å². The van der Waals surface area contributed by atoms with Crippen molar-refractivity contribution in [2.75, 3.05) is 0 Å². The lowest BCUT2D eigenvalue weighted by molar-refractivity contribution is -0.385. The molecule has 0 fully saturated rings. The first-order chi connectivity index (χ1) is 7.84. The Morgan fingerprint density at radius 3 is 2.59 bits per heavy atom.